The molecule has 0 aromatic heterocycles. The lowest BCUT2D eigenvalue weighted by Gasteiger charge is -2.03. The number of allylic oxidation sites excluding steroid dienone is 3. The normalized spacial score (nSPS) is 11.1. The fraction of sp³-hybridized carbons (Fsp3) is 0.190. The molecule has 0 spiro atoms. The van der Waals surface area contributed by atoms with Crippen molar-refractivity contribution in [2.45, 2.75) is 25.9 Å². The largest absolute Gasteiger partial charge is 0.461 e. The minimum absolute atomic E-state index is 0.137. The highest BCUT2D eigenvalue weighted by Crippen LogP contribution is 2.05. The molecule has 0 aliphatic carbocycles. The van der Waals surface area contributed by atoms with Gasteiger partial charge in [-0.15, -0.1) is 0 Å². The second-order valence-corrected chi connectivity index (χ2v) is 5.24. The monoisotopic (exact) mass is 306 g/mol. The van der Waals surface area contributed by atoms with Crippen LogP contribution in [0.25, 0.3) is 6.08 Å². The minimum Gasteiger partial charge on any atom is -0.461 e. The number of carbonyl (C=O) groups is 1. The van der Waals surface area contributed by atoms with Crippen molar-refractivity contribution < 1.29 is 9.53 Å². The van der Waals surface area contributed by atoms with E-state index in [-0.39, 0.29) is 5.97 Å². The van der Waals surface area contributed by atoms with Crippen LogP contribution in [0.15, 0.2) is 78.9 Å². The van der Waals surface area contributed by atoms with Gasteiger partial charge < -0.3 is 4.74 Å². The van der Waals surface area contributed by atoms with Crippen molar-refractivity contribution in [1.82, 2.24) is 0 Å². The van der Waals surface area contributed by atoms with E-state index in [1.54, 1.807) is 0 Å². The number of benzene rings is 2. The second-order valence-electron chi connectivity index (χ2n) is 5.24. The van der Waals surface area contributed by atoms with Crippen LogP contribution in [-0.2, 0) is 16.1 Å². The summed E-state index contributed by atoms with van der Waals surface area (Å²) < 4.78 is 5.24. The summed E-state index contributed by atoms with van der Waals surface area (Å²) in [5.74, 6) is -0.137. The molecule has 118 valence electrons. The van der Waals surface area contributed by atoms with E-state index in [1.165, 1.54) is 5.56 Å². The van der Waals surface area contributed by atoms with E-state index >= 15 is 0 Å². The molecule has 0 radical (unpaired) electrons. The molecule has 0 saturated heterocycles. The van der Waals surface area contributed by atoms with E-state index in [0.29, 0.717) is 13.0 Å². The number of ether oxygens (including phenoxy) is 1. The first kappa shape index (κ1) is 16.8. The van der Waals surface area contributed by atoms with Gasteiger partial charge in [0.25, 0.3) is 0 Å². The van der Waals surface area contributed by atoms with E-state index in [1.807, 2.05) is 60.7 Å². The molecular weight excluding hydrogens is 284 g/mol. The van der Waals surface area contributed by atoms with E-state index in [0.717, 1.165) is 18.4 Å². The van der Waals surface area contributed by atoms with Crippen molar-refractivity contribution in [3.63, 3.8) is 0 Å². The van der Waals surface area contributed by atoms with Crippen LogP contribution in [0.1, 0.15) is 30.4 Å². The van der Waals surface area contributed by atoms with Gasteiger partial charge in [-0.25, -0.2) is 0 Å². The first-order valence-corrected chi connectivity index (χ1v) is 7.92. The quantitative estimate of drug-likeness (QED) is 0.382. The molecule has 0 bridgehead atoms. The summed E-state index contributed by atoms with van der Waals surface area (Å²) in [7, 11) is 0. The number of rotatable bonds is 8. The van der Waals surface area contributed by atoms with Gasteiger partial charge in [0.1, 0.15) is 6.61 Å². The topological polar surface area (TPSA) is 26.3 Å². The summed E-state index contributed by atoms with van der Waals surface area (Å²) in [6.07, 6.45) is 10.3. The molecule has 2 heteroatoms. The van der Waals surface area contributed by atoms with Crippen LogP contribution >= 0.6 is 0 Å². The lowest BCUT2D eigenvalue weighted by Crippen LogP contribution is -2.03. The van der Waals surface area contributed by atoms with Gasteiger partial charge in [0.05, 0.1) is 0 Å². The summed E-state index contributed by atoms with van der Waals surface area (Å²) in [5, 5.41) is 0. The predicted octanol–water partition coefficient (Wildman–Crippen LogP) is 5.17. The van der Waals surface area contributed by atoms with Crippen molar-refractivity contribution in [2.24, 2.45) is 0 Å². The van der Waals surface area contributed by atoms with E-state index < -0.39 is 0 Å². The van der Waals surface area contributed by atoms with Crippen molar-refractivity contribution >= 4 is 12.0 Å². The molecular formula is C21H22O2. The Balaban J connectivity index is 1.57. The molecule has 0 unspecified atom stereocenters. The zero-order chi connectivity index (χ0) is 16.2. The number of hydrogen-bond acceptors (Lipinski definition) is 2. The molecule has 0 saturated carbocycles. The summed E-state index contributed by atoms with van der Waals surface area (Å²) in [6, 6.07) is 19.9. The second kappa shape index (κ2) is 10.2. The Morgan fingerprint density at radius 3 is 2.35 bits per heavy atom. The van der Waals surface area contributed by atoms with E-state index in [2.05, 4.69) is 24.3 Å². The third kappa shape index (κ3) is 7.28. The molecule has 0 aliphatic heterocycles. The van der Waals surface area contributed by atoms with Crippen LogP contribution in [0.4, 0.5) is 0 Å². The van der Waals surface area contributed by atoms with Crippen molar-refractivity contribution in [3.05, 3.63) is 90.0 Å². The Labute approximate surface area is 138 Å². The van der Waals surface area contributed by atoms with Gasteiger partial charge in [0.15, 0.2) is 0 Å². The summed E-state index contributed by atoms with van der Waals surface area (Å²) in [5.41, 5.74) is 2.20. The third-order valence-electron chi connectivity index (χ3n) is 3.33. The summed E-state index contributed by atoms with van der Waals surface area (Å²) in [6.45, 7) is 0.356. The number of carbonyl (C=O) groups excluding carboxylic acids is 1. The summed E-state index contributed by atoms with van der Waals surface area (Å²) >= 11 is 0. The van der Waals surface area contributed by atoms with Gasteiger partial charge in [-0.3, -0.25) is 4.79 Å². The highest BCUT2D eigenvalue weighted by Gasteiger charge is 2.01. The smallest absolute Gasteiger partial charge is 0.306 e. The van der Waals surface area contributed by atoms with E-state index in [9.17, 15) is 4.79 Å². The molecule has 0 N–H and O–H groups in total. The standard InChI is InChI=1S/C21H22O2/c22-21(23-18-20-15-9-5-10-16-20)17-11-3-1-2-6-12-19-13-7-4-8-14-19/h1-2,4-10,12-16H,3,11,17-18H2/b2-1-,12-6+. The van der Waals surface area contributed by atoms with Crippen LogP contribution in [0.5, 0.6) is 0 Å². The average Bonchev–Trinajstić information content (AvgIpc) is 2.61. The Bertz CT molecular complexity index is 627. The number of esters is 1. The molecule has 0 aliphatic rings. The van der Waals surface area contributed by atoms with Crippen LogP contribution in [-0.4, -0.2) is 5.97 Å². The van der Waals surface area contributed by atoms with E-state index in [4.69, 9.17) is 4.74 Å². The van der Waals surface area contributed by atoms with Gasteiger partial charge in [-0.2, -0.15) is 0 Å². The van der Waals surface area contributed by atoms with Crippen LogP contribution in [0.2, 0.25) is 0 Å². The summed E-state index contributed by atoms with van der Waals surface area (Å²) in [4.78, 5) is 11.6. The first-order chi connectivity index (χ1) is 11.3. The molecule has 2 rings (SSSR count). The van der Waals surface area contributed by atoms with Crippen LogP contribution in [0, 0.1) is 0 Å². The lowest BCUT2D eigenvalue weighted by molar-refractivity contribution is -0.145. The highest BCUT2D eigenvalue weighted by atomic mass is 16.5. The zero-order valence-corrected chi connectivity index (χ0v) is 13.2. The molecule has 2 nitrogen and oxygen atoms in total. The molecule has 0 atom stereocenters. The maximum Gasteiger partial charge on any atom is 0.306 e. The fourth-order valence-electron chi connectivity index (χ4n) is 2.08. The molecule has 2 aromatic rings. The van der Waals surface area contributed by atoms with Gasteiger partial charge in [0, 0.05) is 6.42 Å². The Kier molecular flexibility index (Phi) is 7.41. The van der Waals surface area contributed by atoms with Gasteiger partial charge in [-0.05, 0) is 24.0 Å². The zero-order valence-electron chi connectivity index (χ0n) is 13.2. The van der Waals surface area contributed by atoms with Crippen molar-refractivity contribution in [3.8, 4) is 0 Å². The molecule has 0 heterocycles. The van der Waals surface area contributed by atoms with Gasteiger partial charge in [0.2, 0.25) is 0 Å². The third-order valence-corrected chi connectivity index (χ3v) is 3.33. The molecule has 0 amide bonds. The predicted molar refractivity (Wildman–Crippen MR) is 94.7 cm³/mol. The average molecular weight is 306 g/mol. The first-order valence-electron chi connectivity index (χ1n) is 7.92. The highest BCUT2D eigenvalue weighted by molar-refractivity contribution is 5.69. The van der Waals surface area contributed by atoms with Crippen LogP contribution in [0.3, 0.4) is 0 Å². The Hall–Kier alpha value is -2.61. The molecule has 23 heavy (non-hydrogen) atoms. The number of hydrogen-bond donors (Lipinski definition) is 0. The minimum atomic E-state index is -0.137. The van der Waals surface area contributed by atoms with Crippen molar-refractivity contribution in [2.75, 3.05) is 0 Å². The SMILES string of the molecule is O=C(CCC/C=C\C=C\c1ccccc1)OCc1ccccc1. The van der Waals surface area contributed by atoms with Crippen LogP contribution < -0.4 is 0 Å². The maximum absolute atomic E-state index is 11.6. The number of unbranched alkanes of at least 4 members (excludes halogenated alkanes) is 1. The molecule has 0 fully saturated rings. The Morgan fingerprint density at radius 2 is 1.61 bits per heavy atom. The van der Waals surface area contributed by atoms with Gasteiger partial charge in [-0.1, -0.05) is 85.0 Å². The Morgan fingerprint density at radius 1 is 0.913 bits per heavy atom. The maximum atomic E-state index is 11.6. The fourth-order valence-corrected chi connectivity index (χ4v) is 2.08. The van der Waals surface area contributed by atoms with Crippen molar-refractivity contribution in [1.29, 1.82) is 0 Å². The lowest BCUT2D eigenvalue weighted by atomic mass is 10.2. The molecule has 2 aromatic carbocycles. The van der Waals surface area contributed by atoms with Gasteiger partial charge >= 0.3 is 5.97 Å².